The third-order valence-electron chi connectivity index (χ3n) is 2.78. The minimum Gasteiger partial charge on any atom is -0.481 e. The Morgan fingerprint density at radius 2 is 1.95 bits per heavy atom. The van der Waals surface area contributed by atoms with Crippen LogP contribution in [0, 0.1) is 6.92 Å². The van der Waals surface area contributed by atoms with Crippen LogP contribution in [0.4, 0.5) is 16.2 Å². The molecule has 8 heteroatoms. The van der Waals surface area contributed by atoms with Gasteiger partial charge in [0, 0.05) is 17.8 Å². The highest BCUT2D eigenvalue weighted by atomic mass is 16.4. The Balaban J connectivity index is 2.62. The molecule has 0 unspecified atom stereocenters. The zero-order valence-corrected chi connectivity index (χ0v) is 11.4. The Morgan fingerprint density at radius 3 is 2.48 bits per heavy atom. The fourth-order valence-corrected chi connectivity index (χ4v) is 1.60. The largest absolute Gasteiger partial charge is 0.481 e. The zero-order chi connectivity index (χ0) is 16.0. The normalized spacial score (nSPS) is 11.5. The van der Waals surface area contributed by atoms with E-state index in [2.05, 4.69) is 10.6 Å². The molecule has 1 atom stereocenters. The zero-order valence-electron chi connectivity index (χ0n) is 11.4. The number of rotatable bonds is 6. The molecule has 0 bridgehead atoms. The summed E-state index contributed by atoms with van der Waals surface area (Å²) < 4.78 is 0. The number of carbonyl (C=O) groups is 3. The monoisotopic (exact) mass is 295 g/mol. The second kappa shape index (κ2) is 7.13. The summed E-state index contributed by atoms with van der Waals surface area (Å²) in [4.78, 5) is 33.1. The summed E-state index contributed by atoms with van der Waals surface area (Å²) in [5.41, 5.74) is 7.45. The molecule has 0 aliphatic rings. The average molecular weight is 295 g/mol. The highest BCUT2D eigenvalue weighted by Crippen LogP contribution is 2.16. The van der Waals surface area contributed by atoms with E-state index in [1.165, 1.54) is 0 Å². The maximum absolute atomic E-state index is 11.7. The van der Waals surface area contributed by atoms with Gasteiger partial charge in [0.05, 0.1) is 0 Å². The van der Waals surface area contributed by atoms with Crippen LogP contribution in [0.1, 0.15) is 18.4 Å². The Hall–Kier alpha value is -2.77. The van der Waals surface area contributed by atoms with Crippen molar-refractivity contribution in [3.8, 4) is 0 Å². The Morgan fingerprint density at radius 1 is 1.29 bits per heavy atom. The van der Waals surface area contributed by atoms with Gasteiger partial charge in [-0.25, -0.2) is 9.59 Å². The molecule has 1 aromatic rings. The second-order valence-corrected chi connectivity index (χ2v) is 4.49. The summed E-state index contributed by atoms with van der Waals surface area (Å²) in [5, 5.41) is 22.1. The number of anilines is 2. The van der Waals surface area contributed by atoms with Gasteiger partial charge < -0.3 is 26.6 Å². The number of nitrogens with one attached hydrogen (secondary N) is 2. The van der Waals surface area contributed by atoms with Gasteiger partial charge in [0.25, 0.3) is 0 Å². The predicted octanol–water partition coefficient (Wildman–Crippen LogP) is 1.02. The molecule has 8 nitrogen and oxygen atoms in total. The van der Waals surface area contributed by atoms with Crippen molar-refractivity contribution in [1.29, 1.82) is 0 Å². The van der Waals surface area contributed by atoms with Crippen molar-refractivity contribution in [3.63, 3.8) is 0 Å². The number of carboxylic acids is 2. The first-order valence-corrected chi connectivity index (χ1v) is 6.18. The summed E-state index contributed by atoms with van der Waals surface area (Å²) in [6.45, 7) is 1.77. The molecule has 6 N–H and O–H groups in total. The third-order valence-corrected chi connectivity index (χ3v) is 2.78. The standard InChI is InChI=1S/C13H17N3O5/c1-7-6-8(2-3-9(7)14)15-13(21)16-10(12(19)20)4-5-11(17)18/h2-3,6,10H,4-5,14H2,1H3,(H,17,18)(H,19,20)(H2,15,16,21)/t10-/m0/s1. The van der Waals surface area contributed by atoms with Crippen LogP contribution in [0.25, 0.3) is 0 Å². The van der Waals surface area contributed by atoms with E-state index < -0.39 is 24.0 Å². The van der Waals surface area contributed by atoms with Crippen LogP contribution in [0.3, 0.4) is 0 Å². The summed E-state index contributed by atoms with van der Waals surface area (Å²) in [5.74, 6) is -2.42. The van der Waals surface area contributed by atoms with Crippen LogP contribution >= 0.6 is 0 Å². The summed E-state index contributed by atoms with van der Waals surface area (Å²) in [6, 6.07) is 2.84. The van der Waals surface area contributed by atoms with Crippen LogP contribution in [-0.2, 0) is 9.59 Å². The molecule has 0 spiro atoms. The molecular weight excluding hydrogens is 278 g/mol. The van der Waals surface area contributed by atoms with E-state index in [9.17, 15) is 14.4 Å². The Bertz CT molecular complexity index is 559. The lowest BCUT2D eigenvalue weighted by Gasteiger charge is -2.14. The number of hydrogen-bond donors (Lipinski definition) is 5. The number of urea groups is 1. The van der Waals surface area contributed by atoms with Crippen LogP contribution < -0.4 is 16.4 Å². The fraction of sp³-hybridized carbons (Fsp3) is 0.308. The van der Waals surface area contributed by atoms with Gasteiger partial charge in [-0.05, 0) is 37.1 Å². The molecule has 0 aliphatic heterocycles. The highest BCUT2D eigenvalue weighted by Gasteiger charge is 2.20. The van der Waals surface area contributed by atoms with Gasteiger partial charge in [-0.15, -0.1) is 0 Å². The molecule has 0 heterocycles. The van der Waals surface area contributed by atoms with Crippen LogP contribution in [0.15, 0.2) is 18.2 Å². The number of benzene rings is 1. The number of nitrogens with two attached hydrogens (primary N) is 1. The van der Waals surface area contributed by atoms with E-state index in [4.69, 9.17) is 15.9 Å². The van der Waals surface area contributed by atoms with Gasteiger partial charge in [-0.3, -0.25) is 4.79 Å². The summed E-state index contributed by atoms with van der Waals surface area (Å²) >= 11 is 0. The Labute approximate surface area is 120 Å². The highest BCUT2D eigenvalue weighted by molar-refractivity contribution is 5.92. The van der Waals surface area contributed by atoms with Gasteiger partial charge in [-0.2, -0.15) is 0 Å². The molecule has 2 amide bonds. The molecular formula is C13H17N3O5. The molecule has 0 fully saturated rings. The first-order chi connectivity index (χ1) is 9.79. The number of carbonyl (C=O) groups excluding carboxylic acids is 1. The van der Waals surface area contributed by atoms with Gasteiger partial charge >= 0.3 is 18.0 Å². The smallest absolute Gasteiger partial charge is 0.326 e. The van der Waals surface area contributed by atoms with Gasteiger partial charge in [0.15, 0.2) is 0 Å². The molecule has 0 aromatic heterocycles. The Kier molecular flexibility index (Phi) is 5.53. The minimum atomic E-state index is -1.29. The molecule has 0 radical (unpaired) electrons. The van der Waals surface area contributed by atoms with Crippen molar-refractivity contribution in [2.75, 3.05) is 11.1 Å². The number of carboxylic acid groups (broad SMARTS) is 2. The van der Waals surface area contributed by atoms with Crippen molar-refractivity contribution in [3.05, 3.63) is 23.8 Å². The van der Waals surface area contributed by atoms with Crippen molar-refractivity contribution >= 4 is 29.3 Å². The van der Waals surface area contributed by atoms with Crippen LogP contribution in [0.5, 0.6) is 0 Å². The van der Waals surface area contributed by atoms with E-state index in [1.807, 2.05) is 0 Å². The van der Waals surface area contributed by atoms with Crippen molar-refractivity contribution in [1.82, 2.24) is 5.32 Å². The molecule has 0 saturated heterocycles. The molecule has 1 rings (SSSR count). The number of nitrogen functional groups attached to an aromatic ring is 1. The first-order valence-electron chi connectivity index (χ1n) is 6.18. The molecule has 1 aromatic carbocycles. The van der Waals surface area contributed by atoms with E-state index in [1.54, 1.807) is 25.1 Å². The van der Waals surface area contributed by atoms with Crippen molar-refractivity contribution in [2.45, 2.75) is 25.8 Å². The lowest BCUT2D eigenvalue weighted by atomic mass is 10.1. The molecule has 21 heavy (non-hydrogen) atoms. The lowest BCUT2D eigenvalue weighted by Crippen LogP contribution is -2.43. The topological polar surface area (TPSA) is 142 Å². The van der Waals surface area contributed by atoms with E-state index >= 15 is 0 Å². The van der Waals surface area contributed by atoms with Gasteiger partial charge in [0.1, 0.15) is 6.04 Å². The predicted molar refractivity (Wildman–Crippen MR) is 76.0 cm³/mol. The maximum atomic E-state index is 11.7. The van der Waals surface area contributed by atoms with Crippen molar-refractivity contribution in [2.24, 2.45) is 0 Å². The van der Waals surface area contributed by atoms with E-state index in [0.29, 0.717) is 11.4 Å². The van der Waals surface area contributed by atoms with E-state index in [-0.39, 0.29) is 12.8 Å². The van der Waals surface area contributed by atoms with E-state index in [0.717, 1.165) is 5.56 Å². The first kappa shape index (κ1) is 16.3. The number of aliphatic carboxylic acids is 2. The average Bonchev–Trinajstić information content (AvgIpc) is 2.38. The quantitative estimate of drug-likeness (QED) is 0.496. The second-order valence-electron chi connectivity index (χ2n) is 4.49. The SMILES string of the molecule is Cc1cc(NC(=O)N[C@@H](CCC(=O)O)C(=O)O)ccc1N. The summed E-state index contributed by atoms with van der Waals surface area (Å²) in [6.07, 6.45) is -0.545. The number of aryl methyl sites for hydroxylation is 1. The van der Waals surface area contributed by atoms with Gasteiger partial charge in [0.2, 0.25) is 0 Å². The molecule has 0 aliphatic carbocycles. The number of amides is 2. The summed E-state index contributed by atoms with van der Waals surface area (Å²) in [7, 11) is 0. The third kappa shape index (κ3) is 5.39. The lowest BCUT2D eigenvalue weighted by molar-refractivity contribution is -0.140. The number of hydrogen-bond acceptors (Lipinski definition) is 4. The van der Waals surface area contributed by atoms with Crippen molar-refractivity contribution < 1.29 is 24.6 Å². The van der Waals surface area contributed by atoms with Crippen LogP contribution in [-0.4, -0.2) is 34.2 Å². The molecule has 114 valence electrons. The minimum absolute atomic E-state index is 0.196. The molecule has 0 saturated carbocycles. The fourth-order valence-electron chi connectivity index (χ4n) is 1.60. The van der Waals surface area contributed by atoms with Crippen LogP contribution in [0.2, 0.25) is 0 Å². The van der Waals surface area contributed by atoms with Gasteiger partial charge in [-0.1, -0.05) is 0 Å². The maximum Gasteiger partial charge on any atom is 0.326 e.